The lowest BCUT2D eigenvalue weighted by Gasteiger charge is -1.95. The molecule has 0 aliphatic heterocycles. The lowest BCUT2D eigenvalue weighted by atomic mass is 10.4. The molecule has 4 heteroatoms. The fourth-order valence-corrected chi connectivity index (χ4v) is 1.60. The molecule has 2 aromatic rings. The summed E-state index contributed by atoms with van der Waals surface area (Å²) in [5, 5.41) is 4.17. The molecule has 0 aliphatic carbocycles. The van der Waals surface area contributed by atoms with Gasteiger partial charge in [-0.3, -0.25) is 4.68 Å². The fourth-order valence-electron chi connectivity index (χ4n) is 1.15. The van der Waals surface area contributed by atoms with E-state index in [0.29, 0.717) is 6.54 Å². The highest BCUT2D eigenvalue weighted by atomic mass is 127. The van der Waals surface area contributed by atoms with E-state index >= 15 is 0 Å². The molecule has 2 heterocycles. The van der Waals surface area contributed by atoms with Crippen LogP contribution in [0.1, 0.15) is 11.5 Å². The van der Waals surface area contributed by atoms with E-state index in [-0.39, 0.29) is 0 Å². The maximum Gasteiger partial charge on any atom is 0.125 e. The minimum atomic E-state index is 0.705. The van der Waals surface area contributed by atoms with Gasteiger partial charge in [0.15, 0.2) is 0 Å². The van der Waals surface area contributed by atoms with Crippen LogP contribution in [0.3, 0.4) is 0 Å². The van der Waals surface area contributed by atoms with Crippen LogP contribution in [0.25, 0.3) is 0 Å². The van der Waals surface area contributed by atoms with E-state index in [1.165, 1.54) is 0 Å². The fraction of sp³-hybridized carbons (Fsp3) is 0.222. The van der Waals surface area contributed by atoms with Crippen LogP contribution in [0.2, 0.25) is 0 Å². The summed E-state index contributed by atoms with van der Waals surface area (Å²) >= 11 is 2.23. The van der Waals surface area contributed by atoms with Gasteiger partial charge in [-0.15, -0.1) is 0 Å². The molecule has 0 unspecified atom stereocenters. The van der Waals surface area contributed by atoms with Crippen molar-refractivity contribution in [2.24, 2.45) is 0 Å². The van der Waals surface area contributed by atoms with Crippen LogP contribution in [0.15, 0.2) is 28.9 Å². The van der Waals surface area contributed by atoms with Crippen molar-refractivity contribution in [3.05, 3.63) is 39.6 Å². The van der Waals surface area contributed by atoms with Crippen LogP contribution in [0.4, 0.5) is 0 Å². The molecule has 0 radical (unpaired) electrons. The second-order valence-corrected chi connectivity index (χ2v) is 4.11. The Labute approximate surface area is 89.9 Å². The summed E-state index contributed by atoms with van der Waals surface area (Å²) in [6.07, 6.45) is 3.81. The van der Waals surface area contributed by atoms with E-state index in [2.05, 4.69) is 27.7 Å². The molecule has 2 rings (SSSR count). The largest absolute Gasteiger partial charge is 0.464 e. The maximum absolute atomic E-state index is 5.43. The Hall–Kier alpha value is -0.780. The van der Waals surface area contributed by atoms with Crippen LogP contribution in [0.5, 0.6) is 0 Å². The number of hydrogen-bond donors (Lipinski definition) is 0. The first kappa shape index (κ1) is 8.80. The molecule has 0 N–H and O–H groups in total. The van der Waals surface area contributed by atoms with Crippen molar-refractivity contribution in [1.29, 1.82) is 0 Å². The molecule has 0 saturated carbocycles. The summed E-state index contributed by atoms with van der Waals surface area (Å²) < 4.78 is 8.43. The molecular weight excluding hydrogens is 279 g/mol. The topological polar surface area (TPSA) is 31.0 Å². The smallest absolute Gasteiger partial charge is 0.125 e. The van der Waals surface area contributed by atoms with Gasteiger partial charge in [-0.1, -0.05) is 0 Å². The lowest BCUT2D eigenvalue weighted by Crippen LogP contribution is -1.97. The lowest BCUT2D eigenvalue weighted by molar-refractivity contribution is 0.459. The molecule has 68 valence electrons. The van der Waals surface area contributed by atoms with Gasteiger partial charge in [0, 0.05) is 6.20 Å². The number of rotatable bonds is 2. The Morgan fingerprint density at radius 3 is 2.92 bits per heavy atom. The third kappa shape index (κ3) is 2.12. The van der Waals surface area contributed by atoms with Gasteiger partial charge >= 0.3 is 0 Å². The molecule has 0 fully saturated rings. The van der Waals surface area contributed by atoms with Crippen molar-refractivity contribution < 1.29 is 4.42 Å². The van der Waals surface area contributed by atoms with E-state index < -0.39 is 0 Å². The number of aryl methyl sites for hydroxylation is 1. The van der Waals surface area contributed by atoms with Crippen molar-refractivity contribution in [2.75, 3.05) is 0 Å². The first-order chi connectivity index (χ1) is 6.24. The standard InChI is InChI=1S/C9H9IN2O/c1-7-2-3-9(13-7)6-12-5-8(10)4-11-12/h2-5H,6H2,1H3. The molecule has 0 spiro atoms. The van der Waals surface area contributed by atoms with Gasteiger partial charge < -0.3 is 4.42 Å². The van der Waals surface area contributed by atoms with E-state index in [1.54, 1.807) is 0 Å². The van der Waals surface area contributed by atoms with Crippen LogP contribution < -0.4 is 0 Å². The quantitative estimate of drug-likeness (QED) is 0.795. The number of halogens is 1. The molecule has 0 amide bonds. The molecule has 3 nitrogen and oxygen atoms in total. The van der Waals surface area contributed by atoms with Gasteiger partial charge in [0.25, 0.3) is 0 Å². The summed E-state index contributed by atoms with van der Waals surface area (Å²) in [4.78, 5) is 0. The molecule has 0 saturated heterocycles. The van der Waals surface area contributed by atoms with Gasteiger partial charge in [0.1, 0.15) is 11.5 Å². The SMILES string of the molecule is Cc1ccc(Cn2cc(I)cn2)o1. The second kappa shape index (κ2) is 3.53. The van der Waals surface area contributed by atoms with Crippen LogP contribution in [-0.4, -0.2) is 9.78 Å². The minimum Gasteiger partial charge on any atom is -0.464 e. The van der Waals surface area contributed by atoms with E-state index in [1.807, 2.05) is 36.1 Å². The zero-order valence-corrected chi connectivity index (χ0v) is 9.35. The van der Waals surface area contributed by atoms with Gasteiger partial charge in [0.2, 0.25) is 0 Å². The highest BCUT2D eigenvalue weighted by molar-refractivity contribution is 14.1. The summed E-state index contributed by atoms with van der Waals surface area (Å²) in [6.45, 7) is 2.65. The van der Waals surface area contributed by atoms with E-state index in [0.717, 1.165) is 15.1 Å². The average molecular weight is 288 g/mol. The monoisotopic (exact) mass is 288 g/mol. The highest BCUT2D eigenvalue weighted by Gasteiger charge is 2.00. The molecule has 13 heavy (non-hydrogen) atoms. The Bertz CT molecular complexity index is 367. The van der Waals surface area contributed by atoms with Crippen LogP contribution in [-0.2, 0) is 6.54 Å². The first-order valence-corrected chi connectivity index (χ1v) is 5.05. The summed E-state index contributed by atoms with van der Waals surface area (Å²) in [7, 11) is 0. The number of aromatic nitrogens is 2. The Morgan fingerprint density at radius 1 is 1.54 bits per heavy atom. The summed E-state index contributed by atoms with van der Waals surface area (Å²) in [5.41, 5.74) is 0. The van der Waals surface area contributed by atoms with E-state index in [9.17, 15) is 0 Å². The third-order valence-corrected chi connectivity index (χ3v) is 2.27. The second-order valence-electron chi connectivity index (χ2n) is 2.87. The van der Waals surface area contributed by atoms with Gasteiger partial charge in [-0.2, -0.15) is 5.10 Å². The third-order valence-electron chi connectivity index (χ3n) is 1.72. The molecule has 0 aromatic carbocycles. The van der Waals surface area contributed by atoms with Gasteiger partial charge in [0.05, 0.1) is 16.3 Å². The molecule has 0 atom stereocenters. The van der Waals surface area contributed by atoms with Crippen molar-refractivity contribution in [2.45, 2.75) is 13.5 Å². The Morgan fingerprint density at radius 2 is 2.38 bits per heavy atom. The minimum absolute atomic E-state index is 0.705. The Kier molecular flexibility index (Phi) is 2.39. The zero-order chi connectivity index (χ0) is 9.26. The van der Waals surface area contributed by atoms with Crippen molar-refractivity contribution >= 4 is 22.6 Å². The van der Waals surface area contributed by atoms with Gasteiger partial charge in [-0.05, 0) is 41.6 Å². The number of nitrogens with zero attached hydrogens (tertiary/aromatic N) is 2. The summed E-state index contributed by atoms with van der Waals surface area (Å²) in [5.74, 6) is 1.88. The molecule has 0 aliphatic rings. The van der Waals surface area contributed by atoms with Crippen LogP contribution in [0, 0.1) is 10.5 Å². The highest BCUT2D eigenvalue weighted by Crippen LogP contribution is 2.09. The van der Waals surface area contributed by atoms with Crippen molar-refractivity contribution in [3.63, 3.8) is 0 Å². The molecule has 0 bridgehead atoms. The van der Waals surface area contributed by atoms with Crippen molar-refractivity contribution in [3.8, 4) is 0 Å². The predicted molar refractivity (Wildman–Crippen MR) is 57.5 cm³/mol. The molecular formula is C9H9IN2O. The Balaban J connectivity index is 2.14. The first-order valence-electron chi connectivity index (χ1n) is 3.97. The van der Waals surface area contributed by atoms with E-state index in [4.69, 9.17) is 4.42 Å². The summed E-state index contributed by atoms with van der Waals surface area (Å²) in [6, 6.07) is 3.94. The number of furan rings is 1. The zero-order valence-electron chi connectivity index (χ0n) is 7.20. The maximum atomic E-state index is 5.43. The predicted octanol–water partition coefficient (Wildman–Crippen LogP) is 2.44. The van der Waals surface area contributed by atoms with Gasteiger partial charge in [-0.25, -0.2) is 0 Å². The normalized spacial score (nSPS) is 10.6. The van der Waals surface area contributed by atoms with Crippen molar-refractivity contribution in [1.82, 2.24) is 9.78 Å². The average Bonchev–Trinajstić information content (AvgIpc) is 2.62. The van der Waals surface area contributed by atoms with Crippen LogP contribution >= 0.6 is 22.6 Å². The number of hydrogen-bond acceptors (Lipinski definition) is 2. The molecule has 2 aromatic heterocycles.